The molecule has 0 spiro atoms. The summed E-state index contributed by atoms with van der Waals surface area (Å²) in [5, 5.41) is 8.85. The van der Waals surface area contributed by atoms with Crippen molar-refractivity contribution >= 4 is 75.8 Å². The first kappa shape index (κ1) is 21.4. The Morgan fingerprint density at radius 2 is 0.824 bits per heavy atom. The van der Waals surface area contributed by atoms with Crippen molar-refractivity contribution in [2.45, 2.75) is 0 Å². The maximum absolute atomic E-state index is 9.39. The van der Waals surface area contributed by atoms with Crippen molar-refractivity contribution in [1.29, 1.82) is 0 Å². The molecule has 0 unspecified atom stereocenters. The van der Waals surface area contributed by atoms with Gasteiger partial charge in [-0.25, -0.2) is 0 Å². The molecule has 1 heterocycles. The van der Waals surface area contributed by atoms with E-state index in [2.05, 4.69) is 42.5 Å². The van der Waals surface area contributed by atoms with Gasteiger partial charge in [-0.3, -0.25) is 0 Å². The summed E-state index contributed by atoms with van der Waals surface area (Å²) in [4.78, 5) is 0. The minimum absolute atomic E-state index is 0.173. The van der Waals surface area contributed by atoms with Gasteiger partial charge in [0, 0.05) is 16.2 Å². The van der Waals surface area contributed by atoms with E-state index in [1.807, 2.05) is 84.9 Å². The number of hydrogen-bond donors (Lipinski definition) is 0. The average Bonchev–Trinajstić information content (AvgIpc) is 3.66. The average molecular weight is 655 g/mol. The molecule has 0 fully saturated rings. The van der Waals surface area contributed by atoms with Crippen LogP contribution in [0.25, 0.3) is 109 Å². The van der Waals surface area contributed by atoms with Crippen molar-refractivity contribution in [3.8, 4) is 33.4 Å². The molecule has 0 saturated carbocycles. The van der Waals surface area contributed by atoms with Crippen LogP contribution in [-0.4, -0.2) is 0 Å². The van der Waals surface area contributed by atoms with E-state index in [1.54, 1.807) is 6.07 Å². The molecule has 1 heteroatoms. The Morgan fingerprint density at radius 3 is 1.53 bits per heavy atom. The lowest BCUT2D eigenvalue weighted by Crippen LogP contribution is -1.91. The number of rotatable bonds is 3. The third-order valence-electron chi connectivity index (χ3n) is 10.3. The van der Waals surface area contributed by atoms with Gasteiger partial charge in [-0.1, -0.05) is 158 Å². The van der Waals surface area contributed by atoms with Crippen molar-refractivity contribution < 1.29 is 15.4 Å². The van der Waals surface area contributed by atoms with E-state index in [0.717, 1.165) is 54.2 Å². The molecule has 0 amide bonds. The highest BCUT2D eigenvalue weighted by molar-refractivity contribution is 6.23. The summed E-state index contributed by atoms with van der Waals surface area (Å²) in [5.41, 5.74) is 4.95. The lowest BCUT2D eigenvalue weighted by molar-refractivity contribution is 0.672. The largest absolute Gasteiger partial charge is 0.455 e. The first-order valence-electron chi connectivity index (χ1n) is 20.9. The van der Waals surface area contributed by atoms with Gasteiger partial charge in [0.15, 0.2) is 0 Å². The van der Waals surface area contributed by atoms with Crippen LogP contribution in [0.4, 0.5) is 0 Å². The first-order valence-corrected chi connectivity index (χ1v) is 16.9. The van der Waals surface area contributed by atoms with E-state index >= 15 is 0 Å². The summed E-state index contributed by atoms with van der Waals surface area (Å²) in [7, 11) is 0. The molecule has 0 aliphatic carbocycles. The molecule has 51 heavy (non-hydrogen) atoms. The SMILES string of the molecule is [2H]c1c([2H])c([2H])c2c(-c3ccc4oc5c6ccccc6ccc5c4c3)c3c([2H])c([2H])c([2H])c([2H])c3c(-c3ccc(-c4ccc5ccc6ccccc6c5c4)cc3)c2c1[2H]. The summed E-state index contributed by atoms with van der Waals surface area (Å²) in [5.74, 6) is 0. The molecule has 11 rings (SSSR count). The highest BCUT2D eigenvalue weighted by atomic mass is 16.3. The molecule has 0 radical (unpaired) electrons. The molecule has 1 aromatic heterocycles. The molecular formula is C50H30O. The fourth-order valence-electron chi connectivity index (χ4n) is 7.87. The molecule has 0 saturated heterocycles. The number of hydrogen-bond acceptors (Lipinski definition) is 1. The van der Waals surface area contributed by atoms with Crippen LogP contribution in [0.3, 0.4) is 0 Å². The van der Waals surface area contributed by atoms with Crippen molar-refractivity contribution in [2.75, 3.05) is 0 Å². The Labute approximate surface area is 305 Å². The summed E-state index contributed by atoms with van der Waals surface area (Å²) >= 11 is 0. The standard InChI is InChI=1S/C50H30O/c1-3-11-38-32(9-1)19-20-34-21-24-36(29-45(34)38)31-17-22-35(23-18-31)48-40-13-5-7-15-42(40)49(43-16-8-6-14-41(43)48)37-26-28-47-46(30-37)44-27-25-33-10-2-4-12-39(33)50(44)51-47/h1-30H/i5D,6D,7D,8D,13D,14D,15D,16D. The Balaban J connectivity index is 1.21. The van der Waals surface area contributed by atoms with Crippen LogP contribution in [-0.2, 0) is 0 Å². The predicted molar refractivity (Wildman–Crippen MR) is 218 cm³/mol. The number of fused-ring (bicyclic) bond motifs is 10. The fraction of sp³-hybridized carbons (Fsp3) is 0. The van der Waals surface area contributed by atoms with Crippen molar-refractivity contribution in [1.82, 2.24) is 0 Å². The Bertz CT molecular complexity index is 3560. The predicted octanol–water partition coefficient (Wildman–Crippen LogP) is 14.4. The van der Waals surface area contributed by atoms with Crippen LogP contribution in [0.1, 0.15) is 11.0 Å². The van der Waals surface area contributed by atoms with Gasteiger partial charge in [0.05, 0.1) is 11.0 Å². The molecule has 236 valence electrons. The molecule has 0 N–H and O–H groups in total. The lowest BCUT2D eigenvalue weighted by Gasteiger charge is -2.18. The van der Waals surface area contributed by atoms with E-state index in [4.69, 9.17) is 9.90 Å². The van der Waals surface area contributed by atoms with Crippen LogP contribution in [0.5, 0.6) is 0 Å². The summed E-state index contributed by atoms with van der Waals surface area (Å²) < 4.78 is 79.3. The quantitative estimate of drug-likeness (QED) is 0.136. The van der Waals surface area contributed by atoms with E-state index < -0.39 is 24.2 Å². The molecule has 0 aliphatic heterocycles. The highest BCUT2D eigenvalue weighted by Gasteiger charge is 2.18. The number of furan rings is 1. The fourth-order valence-corrected chi connectivity index (χ4v) is 7.87. The van der Waals surface area contributed by atoms with E-state index in [9.17, 15) is 5.48 Å². The van der Waals surface area contributed by atoms with Crippen molar-refractivity contribution in [3.63, 3.8) is 0 Å². The minimum atomic E-state index is -0.435. The Kier molecular flexibility index (Phi) is 4.57. The van der Waals surface area contributed by atoms with Gasteiger partial charge in [-0.15, -0.1) is 0 Å². The van der Waals surface area contributed by atoms with Gasteiger partial charge in [0.2, 0.25) is 0 Å². The second-order valence-electron chi connectivity index (χ2n) is 13.0. The zero-order valence-corrected chi connectivity index (χ0v) is 27.1. The van der Waals surface area contributed by atoms with Gasteiger partial charge in [0.1, 0.15) is 11.2 Å². The molecule has 0 bridgehead atoms. The van der Waals surface area contributed by atoms with Crippen LogP contribution in [0.2, 0.25) is 0 Å². The molecule has 11 aromatic rings. The second kappa shape index (κ2) is 10.9. The first-order chi connectivity index (χ1) is 28.6. The molecule has 10 aromatic carbocycles. The molecule has 0 aliphatic rings. The maximum Gasteiger partial charge on any atom is 0.143 e. The lowest BCUT2D eigenvalue weighted by atomic mass is 9.85. The van der Waals surface area contributed by atoms with Gasteiger partial charge >= 0.3 is 0 Å². The highest BCUT2D eigenvalue weighted by Crippen LogP contribution is 2.45. The van der Waals surface area contributed by atoms with Gasteiger partial charge in [0.25, 0.3) is 0 Å². The normalized spacial score (nSPS) is 14.1. The zero-order valence-electron chi connectivity index (χ0n) is 35.1. The van der Waals surface area contributed by atoms with Crippen molar-refractivity contribution in [3.05, 3.63) is 182 Å². The van der Waals surface area contributed by atoms with Gasteiger partial charge in [-0.05, 0) is 106 Å². The Hall–Kier alpha value is -6.70. The minimum Gasteiger partial charge on any atom is -0.455 e. The molecule has 1 nitrogen and oxygen atoms in total. The topological polar surface area (TPSA) is 13.1 Å². The summed E-state index contributed by atoms with van der Waals surface area (Å²) in [6.45, 7) is 0. The summed E-state index contributed by atoms with van der Waals surface area (Å²) in [6.07, 6.45) is 0. The smallest absolute Gasteiger partial charge is 0.143 e. The third kappa shape index (κ3) is 4.28. The number of benzene rings is 10. The van der Waals surface area contributed by atoms with Crippen LogP contribution >= 0.6 is 0 Å². The Morgan fingerprint density at radius 1 is 0.333 bits per heavy atom. The van der Waals surface area contributed by atoms with Crippen LogP contribution < -0.4 is 0 Å². The molecular weight excluding hydrogens is 617 g/mol. The third-order valence-corrected chi connectivity index (χ3v) is 10.3. The van der Waals surface area contributed by atoms with Gasteiger partial charge in [-0.2, -0.15) is 0 Å². The monoisotopic (exact) mass is 654 g/mol. The van der Waals surface area contributed by atoms with E-state index in [1.165, 1.54) is 0 Å². The van der Waals surface area contributed by atoms with E-state index in [0.29, 0.717) is 33.4 Å². The van der Waals surface area contributed by atoms with E-state index in [-0.39, 0.29) is 45.7 Å². The second-order valence-corrected chi connectivity index (χ2v) is 13.0. The van der Waals surface area contributed by atoms with Gasteiger partial charge < -0.3 is 4.42 Å². The van der Waals surface area contributed by atoms with Crippen LogP contribution in [0.15, 0.2) is 186 Å². The van der Waals surface area contributed by atoms with Crippen molar-refractivity contribution in [2.24, 2.45) is 0 Å². The zero-order chi connectivity index (χ0) is 40.4. The summed E-state index contributed by atoms with van der Waals surface area (Å²) in [6, 6.07) is 41.1. The van der Waals surface area contributed by atoms with Crippen LogP contribution in [0, 0.1) is 0 Å². The molecule has 0 atom stereocenters. The maximum atomic E-state index is 9.39.